The van der Waals surface area contributed by atoms with E-state index in [1.807, 2.05) is 6.92 Å². The van der Waals surface area contributed by atoms with Crippen LogP contribution in [0.25, 0.3) is 0 Å². The van der Waals surface area contributed by atoms with Crippen molar-refractivity contribution in [2.75, 3.05) is 31.1 Å². The number of amides is 1. The lowest BCUT2D eigenvalue weighted by molar-refractivity contribution is 0.0529. The molecule has 1 N–H and O–H groups in total. The quantitative estimate of drug-likeness (QED) is 0.649. The minimum atomic E-state index is -0.685. The maximum atomic E-state index is 14.4. The van der Waals surface area contributed by atoms with Crippen LogP contribution in [-0.2, 0) is 4.74 Å². The van der Waals surface area contributed by atoms with E-state index in [0.29, 0.717) is 13.2 Å². The summed E-state index contributed by atoms with van der Waals surface area (Å²) < 4.78 is 39.3. The molecule has 5 nitrogen and oxygen atoms in total. The molecule has 0 saturated heterocycles. The Morgan fingerprint density at radius 1 is 1.19 bits per heavy atom. The summed E-state index contributed by atoms with van der Waals surface area (Å²) in [7, 11) is 0. The van der Waals surface area contributed by atoms with Gasteiger partial charge in [-0.3, -0.25) is 0 Å². The minimum Gasteiger partial charge on any atom is -0.493 e. The number of carbonyl (C=O) groups is 1. The van der Waals surface area contributed by atoms with Crippen molar-refractivity contribution in [3.63, 3.8) is 0 Å². The standard InChI is InChI=1S/C19H30F2N2O3/c1-6-8-11-25-14-12-15(20)17(16(21)13-14)23(7-2)10-9-22-18(24)26-19(3,4)5/h12-13H,6-11H2,1-5H3,(H,22,24). The van der Waals surface area contributed by atoms with E-state index in [1.54, 1.807) is 27.7 Å². The lowest BCUT2D eigenvalue weighted by Crippen LogP contribution is -2.38. The first-order chi connectivity index (χ1) is 12.2. The Morgan fingerprint density at radius 3 is 2.31 bits per heavy atom. The monoisotopic (exact) mass is 372 g/mol. The first-order valence-corrected chi connectivity index (χ1v) is 9.01. The highest BCUT2D eigenvalue weighted by atomic mass is 19.1. The number of benzene rings is 1. The van der Waals surface area contributed by atoms with Crippen LogP contribution in [0.4, 0.5) is 19.3 Å². The van der Waals surface area contributed by atoms with E-state index in [0.717, 1.165) is 12.8 Å². The van der Waals surface area contributed by atoms with Crippen molar-refractivity contribution < 1.29 is 23.0 Å². The number of unbranched alkanes of at least 4 members (excludes halogenated alkanes) is 1. The van der Waals surface area contributed by atoms with Crippen LogP contribution in [0.5, 0.6) is 5.75 Å². The second-order valence-corrected chi connectivity index (χ2v) is 6.95. The Bertz CT molecular complexity index is 566. The maximum Gasteiger partial charge on any atom is 0.407 e. The molecule has 7 heteroatoms. The average Bonchev–Trinajstić information content (AvgIpc) is 2.51. The van der Waals surface area contributed by atoms with E-state index in [4.69, 9.17) is 9.47 Å². The summed E-state index contributed by atoms with van der Waals surface area (Å²) >= 11 is 0. The first-order valence-electron chi connectivity index (χ1n) is 9.01. The third-order valence-electron chi connectivity index (χ3n) is 3.50. The number of nitrogens with zero attached hydrogens (tertiary/aromatic N) is 1. The summed E-state index contributed by atoms with van der Waals surface area (Å²) in [5, 5.41) is 2.59. The molecule has 0 aromatic heterocycles. The van der Waals surface area contributed by atoms with Gasteiger partial charge in [0.1, 0.15) is 17.0 Å². The Hall–Kier alpha value is -2.05. The van der Waals surface area contributed by atoms with Crippen LogP contribution in [0.3, 0.4) is 0 Å². The summed E-state index contributed by atoms with van der Waals surface area (Å²) in [6, 6.07) is 2.38. The van der Waals surface area contributed by atoms with Gasteiger partial charge in [-0.15, -0.1) is 0 Å². The lowest BCUT2D eigenvalue weighted by Gasteiger charge is -2.25. The molecule has 0 aliphatic heterocycles. The van der Waals surface area contributed by atoms with Crippen LogP contribution < -0.4 is 15.0 Å². The molecule has 0 heterocycles. The Kier molecular flexibility index (Phi) is 8.61. The SMILES string of the molecule is CCCCOc1cc(F)c(N(CC)CCNC(=O)OC(C)(C)C)c(F)c1. The number of ether oxygens (including phenoxy) is 2. The summed E-state index contributed by atoms with van der Waals surface area (Å²) in [6.45, 7) is 10.4. The average molecular weight is 372 g/mol. The zero-order chi connectivity index (χ0) is 19.7. The van der Waals surface area contributed by atoms with E-state index >= 15 is 0 Å². The highest BCUT2D eigenvalue weighted by Gasteiger charge is 2.19. The molecule has 0 saturated carbocycles. The number of carbonyl (C=O) groups excluding carboxylic acids is 1. The molecule has 0 bridgehead atoms. The van der Waals surface area contributed by atoms with Gasteiger partial charge in [0.15, 0.2) is 11.6 Å². The van der Waals surface area contributed by atoms with Gasteiger partial charge in [-0.2, -0.15) is 0 Å². The van der Waals surface area contributed by atoms with Gasteiger partial charge in [0.2, 0.25) is 0 Å². The predicted octanol–water partition coefficient (Wildman–Crippen LogP) is 4.49. The molecule has 0 aliphatic carbocycles. The smallest absolute Gasteiger partial charge is 0.407 e. The van der Waals surface area contributed by atoms with Crippen molar-refractivity contribution in [1.29, 1.82) is 0 Å². The van der Waals surface area contributed by atoms with E-state index in [2.05, 4.69) is 5.32 Å². The van der Waals surface area contributed by atoms with E-state index in [1.165, 1.54) is 17.0 Å². The van der Waals surface area contributed by atoms with Crippen molar-refractivity contribution in [3.05, 3.63) is 23.8 Å². The zero-order valence-corrected chi connectivity index (χ0v) is 16.3. The van der Waals surface area contributed by atoms with Gasteiger partial charge in [0, 0.05) is 31.8 Å². The van der Waals surface area contributed by atoms with Crippen LogP contribution >= 0.6 is 0 Å². The molecule has 0 radical (unpaired) electrons. The van der Waals surface area contributed by atoms with Gasteiger partial charge < -0.3 is 19.7 Å². The molecule has 0 spiro atoms. The first kappa shape index (κ1) is 22.0. The van der Waals surface area contributed by atoms with E-state index < -0.39 is 23.3 Å². The van der Waals surface area contributed by atoms with Crippen molar-refractivity contribution in [2.45, 2.75) is 53.1 Å². The zero-order valence-electron chi connectivity index (χ0n) is 16.3. The summed E-state index contributed by atoms with van der Waals surface area (Å²) in [4.78, 5) is 13.2. The Labute approximate surface area is 154 Å². The number of rotatable bonds is 9. The van der Waals surface area contributed by atoms with E-state index in [-0.39, 0.29) is 24.5 Å². The fourth-order valence-corrected chi connectivity index (χ4v) is 2.30. The number of hydrogen-bond donors (Lipinski definition) is 1. The highest BCUT2D eigenvalue weighted by molar-refractivity contribution is 5.67. The fourth-order valence-electron chi connectivity index (χ4n) is 2.30. The molecular weight excluding hydrogens is 342 g/mol. The Balaban J connectivity index is 2.70. The summed E-state index contributed by atoms with van der Waals surface area (Å²) in [5.74, 6) is -1.19. The maximum absolute atomic E-state index is 14.4. The summed E-state index contributed by atoms with van der Waals surface area (Å²) in [5.41, 5.74) is -0.721. The molecule has 26 heavy (non-hydrogen) atoms. The highest BCUT2D eigenvalue weighted by Crippen LogP contribution is 2.28. The van der Waals surface area contributed by atoms with Gasteiger partial charge in [-0.1, -0.05) is 13.3 Å². The Morgan fingerprint density at radius 2 is 1.81 bits per heavy atom. The molecule has 0 aliphatic rings. The number of likely N-dealkylation sites (N-methyl/N-ethyl adjacent to an activating group) is 1. The summed E-state index contributed by atoms with van der Waals surface area (Å²) in [6.07, 6.45) is 1.20. The predicted molar refractivity (Wildman–Crippen MR) is 98.9 cm³/mol. The molecular formula is C19H30F2N2O3. The van der Waals surface area contributed by atoms with Crippen LogP contribution in [-0.4, -0.2) is 37.9 Å². The second-order valence-electron chi connectivity index (χ2n) is 6.95. The second kappa shape index (κ2) is 10.2. The van der Waals surface area contributed by atoms with Crippen molar-refractivity contribution in [2.24, 2.45) is 0 Å². The van der Waals surface area contributed by atoms with Gasteiger partial charge in [0.05, 0.1) is 6.61 Å². The van der Waals surface area contributed by atoms with Gasteiger partial charge in [-0.25, -0.2) is 13.6 Å². The van der Waals surface area contributed by atoms with E-state index in [9.17, 15) is 13.6 Å². The van der Waals surface area contributed by atoms with Gasteiger partial charge in [0.25, 0.3) is 0 Å². The molecule has 148 valence electrons. The number of halogens is 2. The number of nitrogens with one attached hydrogen (secondary N) is 1. The molecule has 1 rings (SSSR count). The molecule has 1 amide bonds. The third-order valence-corrected chi connectivity index (χ3v) is 3.50. The van der Waals surface area contributed by atoms with Gasteiger partial charge >= 0.3 is 6.09 Å². The minimum absolute atomic E-state index is 0.124. The van der Waals surface area contributed by atoms with Crippen molar-refractivity contribution in [1.82, 2.24) is 5.32 Å². The number of hydrogen-bond acceptors (Lipinski definition) is 4. The molecule has 1 aromatic rings. The number of alkyl carbamates (subject to hydrolysis) is 1. The van der Waals surface area contributed by atoms with Crippen LogP contribution in [0.15, 0.2) is 12.1 Å². The molecule has 0 unspecified atom stereocenters. The fraction of sp³-hybridized carbons (Fsp3) is 0.632. The van der Waals surface area contributed by atoms with Crippen LogP contribution in [0.1, 0.15) is 47.5 Å². The lowest BCUT2D eigenvalue weighted by atomic mass is 10.2. The topological polar surface area (TPSA) is 50.8 Å². The van der Waals surface area contributed by atoms with Crippen LogP contribution in [0.2, 0.25) is 0 Å². The van der Waals surface area contributed by atoms with Crippen LogP contribution in [0, 0.1) is 11.6 Å². The molecule has 0 fully saturated rings. The molecule has 0 atom stereocenters. The third kappa shape index (κ3) is 7.45. The molecule has 1 aromatic carbocycles. The normalized spacial score (nSPS) is 11.2. The van der Waals surface area contributed by atoms with Gasteiger partial charge in [-0.05, 0) is 34.1 Å². The van der Waals surface area contributed by atoms with Crippen molar-refractivity contribution >= 4 is 11.8 Å². The largest absolute Gasteiger partial charge is 0.493 e. The van der Waals surface area contributed by atoms with Crippen molar-refractivity contribution in [3.8, 4) is 5.75 Å². The number of anilines is 1.